The Hall–Kier alpha value is -2.37. The first-order valence-corrected chi connectivity index (χ1v) is 7.31. The molecule has 0 bridgehead atoms. The SMILES string of the molecule is Cc1cn2ccc3c(c2n1)N[C@H](c1ccccc1)[C@@H](O)[C@@H]3O. The fourth-order valence-corrected chi connectivity index (χ4v) is 3.13. The summed E-state index contributed by atoms with van der Waals surface area (Å²) < 4.78 is 1.92. The highest BCUT2D eigenvalue weighted by atomic mass is 16.3. The van der Waals surface area contributed by atoms with Gasteiger partial charge >= 0.3 is 0 Å². The van der Waals surface area contributed by atoms with Crippen molar-refractivity contribution < 1.29 is 10.2 Å². The lowest BCUT2D eigenvalue weighted by Crippen LogP contribution is -2.36. The molecule has 1 aliphatic rings. The van der Waals surface area contributed by atoms with Crippen molar-refractivity contribution in [2.24, 2.45) is 0 Å². The number of hydrogen-bond acceptors (Lipinski definition) is 4. The molecule has 0 aliphatic carbocycles. The van der Waals surface area contributed by atoms with Crippen LogP contribution in [0.1, 0.15) is 29.0 Å². The lowest BCUT2D eigenvalue weighted by atomic mass is 9.89. The van der Waals surface area contributed by atoms with E-state index in [1.807, 2.05) is 60.1 Å². The number of imidazole rings is 1. The normalized spacial score (nSPS) is 24.0. The maximum absolute atomic E-state index is 10.5. The molecule has 0 fully saturated rings. The molecule has 4 rings (SSSR count). The van der Waals surface area contributed by atoms with E-state index in [4.69, 9.17) is 0 Å². The molecule has 1 aliphatic heterocycles. The van der Waals surface area contributed by atoms with Crippen molar-refractivity contribution in [2.45, 2.75) is 25.2 Å². The zero-order valence-corrected chi connectivity index (χ0v) is 12.1. The molecule has 0 unspecified atom stereocenters. The van der Waals surface area contributed by atoms with E-state index in [1.54, 1.807) is 0 Å². The molecular formula is C17H17N3O2. The molecule has 0 saturated carbocycles. The first-order valence-electron chi connectivity index (χ1n) is 7.31. The van der Waals surface area contributed by atoms with E-state index in [0.717, 1.165) is 22.6 Å². The molecule has 0 saturated heterocycles. The number of aliphatic hydroxyl groups excluding tert-OH is 2. The van der Waals surface area contributed by atoms with Gasteiger partial charge in [-0.25, -0.2) is 4.98 Å². The summed E-state index contributed by atoms with van der Waals surface area (Å²) in [5.41, 5.74) is 4.07. The number of nitrogens with zero attached hydrogens (tertiary/aromatic N) is 2. The maximum Gasteiger partial charge on any atom is 0.160 e. The summed E-state index contributed by atoms with van der Waals surface area (Å²) in [6, 6.07) is 11.1. The molecule has 0 radical (unpaired) electrons. The summed E-state index contributed by atoms with van der Waals surface area (Å²) in [5, 5.41) is 24.3. The van der Waals surface area contributed by atoms with Crippen LogP contribution in [0.15, 0.2) is 48.8 Å². The van der Waals surface area contributed by atoms with Crippen molar-refractivity contribution in [3.63, 3.8) is 0 Å². The summed E-state index contributed by atoms with van der Waals surface area (Å²) >= 11 is 0. The van der Waals surface area contributed by atoms with Gasteiger partial charge in [0, 0.05) is 18.0 Å². The largest absolute Gasteiger partial charge is 0.388 e. The Balaban J connectivity index is 1.88. The molecule has 22 heavy (non-hydrogen) atoms. The van der Waals surface area contributed by atoms with Gasteiger partial charge in [0.1, 0.15) is 12.2 Å². The number of benzene rings is 1. The van der Waals surface area contributed by atoms with Gasteiger partial charge < -0.3 is 19.9 Å². The topological polar surface area (TPSA) is 69.8 Å². The standard InChI is InChI=1S/C17H17N3O2/c1-10-9-20-8-7-12-14(17(20)18-10)19-13(16(22)15(12)21)11-5-3-2-4-6-11/h2-9,13,15-16,19,21-22H,1H3/t13-,15-,16-/m1/s1. The van der Waals surface area contributed by atoms with Gasteiger partial charge in [-0.1, -0.05) is 30.3 Å². The first-order chi connectivity index (χ1) is 10.6. The van der Waals surface area contributed by atoms with E-state index in [0.29, 0.717) is 5.56 Å². The number of anilines is 1. The van der Waals surface area contributed by atoms with E-state index < -0.39 is 12.2 Å². The van der Waals surface area contributed by atoms with Crippen molar-refractivity contribution in [2.75, 3.05) is 5.32 Å². The van der Waals surface area contributed by atoms with Crippen LogP contribution >= 0.6 is 0 Å². The molecule has 0 spiro atoms. The lowest BCUT2D eigenvalue weighted by molar-refractivity contribution is 0.00198. The highest BCUT2D eigenvalue weighted by Gasteiger charge is 2.36. The Morgan fingerprint density at radius 2 is 1.91 bits per heavy atom. The summed E-state index contributed by atoms with van der Waals surface area (Å²) in [7, 11) is 0. The lowest BCUT2D eigenvalue weighted by Gasteiger charge is -2.35. The minimum absolute atomic E-state index is 0.369. The van der Waals surface area contributed by atoms with Crippen molar-refractivity contribution in [1.29, 1.82) is 0 Å². The zero-order valence-electron chi connectivity index (χ0n) is 12.1. The molecule has 3 N–H and O–H groups in total. The Labute approximate surface area is 127 Å². The average molecular weight is 295 g/mol. The second-order valence-electron chi connectivity index (χ2n) is 5.73. The number of aromatic nitrogens is 2. The van der Waals surface area contributed by atoms with Crippen molar-refractivity contribution in [1.82, 2.24) is 9.38 Å². The second kappa shape index (κ2) is 4.83. The number of rotatable bonds is 1. The van der Waals surface area contributed by atoms with Gasteiger partial charge in [-0.3, -0.25) is 0 Å². The van der Waals surface area contributed by atoms with E-state index in [-0.39, 0.29) is 6.04 Å². The number of aryl methyl sites for hydroxylation is 1. The van der Waals surface area contributed by atoms with Gasteiger partial charge in [-0.2, -0.15) is 0 Å². The molecular weight excluding hydrogens is 278 g/mol. The highest BCUT2D eigenvalue weighted by molar-refractivity contribution is 5.74. The van der Waals surface area contributed by atoms with Crippen LogP contribution < -0.4 is 5.32 Å². The van der Waals surface area contributed by atoms with Crippen molar-refractivity contribution in [3.8, 4) is 0 Å². The van der Waals surface area contributed by atoms with Gasteiger partial charge in [0.25, 0.3) is 0 Å². The van der Waals surface area contributed by atoms with Crippen LogP contribution in [0.5, 0.6) is 0 Å². The zero-order chi connectivity index (χ0) is 15.3. The molecule has 3 aromatic rings. The summed E-state index contributed by atoms with van der Waals surface area (Å²) in [6.07, 6.45) is 1.94. The molecule has 0 amide bonds. The number of pyridine rings is 1. The quantitative estimate of drug-likeness (QED) is 0.644. The summed E-state index contributed by atoms with van der Waals surface area (Å²) in [5.74, 6) is 0. The third-order valence-electron chi connectivity index (χ3n) is 4.22. The second-order valence-corrected chi connectivity index (χ2v) is 5.73. The third kappa shape index (κ3) is 1.90. The third-order valence-corrected chi connectivity index (χ3v) is 4.22. The van der Waals surface area contributed by atoms with Crippen LogP contribution in [0.3, 0.4) is 0 Å². The number of aliphatic hydroxyl groups is 2. The predicted molar refractivity (Wildman–Crippen MR) is 83.7 cm³/mol. The minimum atomic E-state index is -0.941. The Morgan fingerprint density at radius 3 is 2.68 bits per heavy atom. The molecule has 3 heterocycles. The number of nitrogens with one attached hydrogen (secondary N) is 1. The molecule has 112 valence electrons. The Bertz CT molecular complexity index is 829. The van der Waals surface area contributed by atoms with Gasteiger partial charge in [0.2, 0.25) is 0 Å². The Kier molecular flexibility index (Phi) is 2.92. The molecule has 5 nitrogen and oxygen atoms in total. The fraction of sp³-hybridized carbons (Fsp3) is 0.235. The van der Waals surface area contributed by atoms with Crippen LogP contribution in [0, 0.1) is 6.92 Å². The van der Waals surface area contributed by atoms with Crippen molar-refractivity contribution >= 4 is 11.3 Å². The Morgan fingerprint density at radius 1 is 1.14 bits per heavy atom. The van der Waals surface area contributed by atoms with Gasteiger partial charge in [-0.05, 0) is 18.6 Å². The number of hydrogen-bond donors (Lipinski definition) is 3. The monoisotopic (exact) mass is 295 g/mol. The highest BCUT2D eigenvalue weighted by Crippen LogP contribution is 2.40. The van der Waals surface area contributed by atoms with Gasteiger partial charge in [-0.15, -0.1) is 0 Å². The summed E-state index contributed by atoms with van der Waals surface area (Å²) in [6.45, 7) is 1.93. The number of fused-ring (bicyclic) bond motifs is 3. The van der Waals surface area contributed by atoms with Gasteiger partial charge in [0.15, 0.2) is 5.65 Å². The van der Waals surface area contributed by atoms with E-state index in [1.165, 1.54) is 0 Å². The molecule has 5 heteroatoms. The van der Waals surface area contributed by atoms with E-state index in [2.05, 4.69) is 10.3 Å². The summed E-state index contributed by atoms with van der Waals surface area (Å²) in [4.78, 5) is 4.52. The first kappa shape index (κ1) is 13.3. The predicted octanol–water partition coefficient (Wildman–Crippen LogP) is 2.20. The van der Waals surface area contributed by atoms with Crippen LogP contribution in [0.4, 0.5) is 5.69 Å². The van der Waals surface area contributed by atoms with Crippen LogP contribution in [0.25, 0.3) is 5.65 Å². The molecule has 1 aromatic carbocycles. The fourth-order valence-electron chi connectivity index (χ4n) is 3.13. The van der Waals surface area contributed by atoms with Crippen LogP contribution in [0.2, 0.25) is 0 Å². The molecule has 2 aromatic heterocycles. The van der Waals surface area contributed by atoms with Crippen molar-refractivity contribution in [3.05, 3.63) is 65.6 Å². The van der Waals surface area contributed by atoms with Gasteiger partial charge in [0.05, 0.1) is 17.4 Å². The van der Waals surface area contributed by atoms with E-state index in [9.17, 15) is 10.2 Å². The smallest absolute Gasteiger partial charge is 0.160 e. The van der Waals surface area contributed by atoms with Crippen LogP contribution in [-0.2, 0) is 0 Å². The van der Waals surface area contributed by atoms with Crippen LogP contribution in [-0.4, -0.2) is 25.7 Å². The average Bonchev–Trinajstić information content (AvgIpc) is 2.92. The maximum atomic E-state index is 10.5. The van der Waals surface area contributed by atoms with E-state index >= 15 is 0 Å². The minimum Gasteiger partial charge on any atom is -0.388 e. The molecule has 3 atom stereocenters.